The molecule has 0 spiro atoms. The van der Waals surface area contributed by atoms with Gasteiger partial charge in [0.2, 0.25) is 0 Å². The van der Waals surface area contributed by atoms with Crippen LogP contribution in [0.2, 0.25) is 0 Å². The van der Waals surface area contributed by atoms with Crippen molar-refractivity contribution in [1.82, 2.24) is 9.97 Å². The third-order valence-corrected chi connectivity index (χ3v) is 3.67. The predicted molar refractivity (Wildman–Crippen MR) is 65.7 cm³/mol. The summed E-state index contributed by atoms with van der Waals surface area (Å²) in [5.41, 5.74) is 0. The maximum Gasteiger partial charge on any atom is 0.391 e. The van der Waals surface area contributed by atoms with E-state index in [4.69, 9.17) is 0 Å². The highest BCUT2D eigenvalue weighted by Crippen LogP contribution is 2.35. The van der Waals surface area contributed by atoms with Gasteiger partial charge >= 0.3 is 6.18 Å². The average molecular weight is 357 g/mol. The summed E-state index contributed by atoms with van der Waals surface area (Å²) in [6.45, 7) is 0.800. The van der Waals surface area contributed by atoms with E-state index in [1.54, 1.807) is 6.20 Å². The Balaban J connectivity index is 2.03. The van der Waals surface area contributed by atoms with Gasteiger partial charge in [-0.25, -0.2) is 9.97 Å². The minimum absolute atomic E-state index is 0.142. The van der Waals surface area contributed by atoms with E-state index in [2.05, 4.69) is 32.6 Å². The van der Waals surface area contributed by atoms with E-state index in [0.717, 1.165) is 9.39 Å². The highest BCUT2D eigenvalue weighted by molar-refractivity contribution is 14.1. The molecule has 1 fully saturated rings. The van der Waals surface area contributed by atoms with Crippen LogP contribution in [0.1, 0.15) is 12.8 Å². The summed E-state index contributed by atoms with van der Waals surface area (Å²) in [5, 5.41) is 0. The summed E-state index contributed by atoms with van der Waals surface area (Å²) in [7, 11) is 0. The maximum atomic E-state index is 12.5. The van der Waals surface area contributed by atoms with Crippen LogP contribution in [0.3, 0.4) is 0 Å². The van der Waals surface area contributed by atoms with E-state index in [-0.39, 0.29) is 12.8 Å². The quantitative estimate of drug-likeness (QED) is 0.724. The van der Waals surface area contributed by atoms with Crippen molar-refractivity contribution in [3.8, 4) is 0 Å². The van der Waals surface area contributed by atoms with Crippen LogP contribution in [0.5, 0.6) is 0 Å². The van der Waals surface area contributed by atoms with E-state index in [1.807, 2.05) is 4.90 Å². The molecule has 0 bridgehead atoms. The van der Waals surface area contributed by atoms with Gasteiger partial charge in [-0.1, -0.05) is 0 Å². The normalized spacial score (nSPS) is 18.5. The Morgan fingerprint density at radius 3 is 2.47 bits per heavy atom. The van der Waals surface area contributed by atoms with Gasteiger partial charge in [0.1, 0.15) is 12.1 Å². The van der Waals surface area contributed by atoms with Crippen LogP contribution in [0.15, 0.2) is 12.5 Å². The van der Waals surface area contributed by atoms with Crippen molar-refractivity contribution >= 4 is 28.4 Å². The second kappa shape index (κ2) is 4.95. The van der Waals surface area contributed by atoms with Crippen LogP contribution < -0.4 is 4.90 Å². The van der Waals surface area contributed by atoms with Crippen LogP contribution in [0.4, 0.5) is 19.0 Å². The fourth-order valence-corrected chi connectivity index (χ4v) is 2.60. The standard InChI is InChI=1S/C10H11F3IN3/c11-10(12,13)7-1-3-17(4-2-7)9-8(14)5-15-6-16-9/h5-7H,1-4H2. The molecule has 17 heavy (non-hydrogen) atoms. The number of anilines is 1. The number of nitrogens with zero attached hydrogens (tertiary/aromatic N) is 3. The van der Waals surface area contributed by atoms with Crippen LogP contribution >= 0.6 is 22.6 Å². The summed E-state index contributed by atoms with van der Waals surface area (Å²) in [5.74, 6) is -0.431. The van der Waals surface area contributed by atoms with Crippen molar-refractivity contribution in [2.45, 2.75) is 19.0 Å². The zero-order valence-electron chi connectivity index (χ0n) is 8.91. The SMILES string of the molecule is FC(F)(F)C1CCN(c2ncncc2I)CC1. The Morgan fingerprint density at radius 2 is 1.94 bits per heavy atom. The highest BCUT2D eigenvalue weighted by Gasteiger charge is 2.41. The molecule has 0 atom stereocenters. The van der Waals surface area contributed by atoms with Gasteiger partial charge in [0.25, 0.3) is 0 Å². The van der Waals surface area contributed by atoms with Crippen molar-refractivity contribution < 1.29 is 13.2 Å². The molecule has 2 heterocycles. The van der Waals surface area contributed by atoms with Gasteiger partial charge < -0.3 is 4.90 Å². The molecule has 1 aliphatic heterocycles. The Kier molecular flexibility index (Phi) is 3.74. The van der Waals surface area contributed by atoms with Gasteiger partial charge in [-0.05, 0) is 35.4 Å². The first-order valence-electron chi connectivity index (χ1n) is 5.25. The molecule has 0 radical (unpaired) electrons. The highest BCUT2D eigenvalue weighted by atomic mass is 127. The first-order chi connectivity index (χ1) is 7.98. The number of alkyl halides is 3. The maximum absolute atomic E-state index is 12.5. The topological polar surface area (TPSA) is 29.0 Å². The minimum Gasteiger partial charge on any atom is -0.356 e. The smallest absolute Gasteiger partial charge is 0.356 e. The molecule has 1 aromatic rings. The lowest BCUT2D eigenvalue weighted by Crippen LogP contribution is -2.39. The zero-order chi connectivity index (χ0) is 12.5. The minimum atomic E-state index is -4.06. The molecule has 1 aliphatic rings. The van der Waals surface area contributed by atoms with Crippen molar-refractivity contribution in [3.63, 3.8) is 0 Å². The molecule has 0 aliphatic carbocycles. The van der Waals surface area contributed by atoms with Crippen molar-refractivity contribution in [1.29, 1.82) is 0 Å². The molecule has 94 valence electrons. The molecule has 0 unspecified atom stereocenters. The van der Waals surface area contributed by atoms with E-state index in [0.29, 0.717) is 13.1 Å². The summed E-state index contributed by atoms with van der Waals surface area (Å²) in [6.07, 6.45) is -0.690. The number of aromatic nitrogens is 2. The third kappa shape index (κ3) is 2.99. The Morgan fingerprint density at radius 1 is 1.29 bits per heavy atom. The predicted octanol–water partition coefficient (Wildman–Crippen LogP) is 2.86. The van der Waals surface area contributed by atoms with E-state index < -0.39 is 12.1 Å². The molecule has 0 aromatic carbocycles. The van der Waals surface area contributed by atoms with Gasteiger partial charge in [0.05, 0.1) is 9.49 Å². The summed E-state index contributed by atoms with van der Waals surface area (Å²) in [4.78, 5) is 9.88. The number of hydrogen-bond acceptors (Lipinski definition) is 3. The zero-order valence-corrected chi connectivity index (χ0v) is 11.1. The van der Waals surface area contributed by atoms with Gasteiger partial charge in [-0.15, -0.1) is 0 Å². The van der Waals surface area contributed by atoms with Crippen LogP contribution in [-0.2, 0) is 0 Å². The second-order valence-corrected chi connectivity index (χ2v) is 5.16. The Hall–Kier alpha value is -0.600. The molecule has 3 nitrogen and oxygen atoms in total. The van der Waals surface area contributed by atoms with Crippen LogP contribution in [-0.4, -0.2) is 29.2 Å². The van der Waals surface area contributed by atoms with Gasteiger partial charge in [0, 0.05) is 19.3 Å². The number of hydrogen-bond donors (Lipinski definition) is 0. The number of halogens is 4. The van der Waals surface area contributed by atoms with Gasteiger partial charge in [-0.2, -0.15) is 13.2 Å². The first-order valence-corrected chi connectivity index (χ1v) is 6.33. The van der Waals surface area contributed by atoms with Crippen molar-refractivity contribution in [3.05, 3.63) is 16.1 Å². The monoisotopic (exact) mass is 357 g/mol. The van der Waals surface area contributed by atoms with Gasteiger partial charge in [-0.3, -0.25) is 0 Å². The number of rotatable bonds is 1. The molecule has 0 amide bonds. The Labute approximate surface area is 111 Å². The molecule has 2 rings (SSSR count). The van der Waals surface area contributed by atoms with Crippen molar-refractivity contribution in [2.75, 3.05) is 18.0 Å². The molecule has 7 heteroatoms. The Bertz CT molecular complexity index is 389. The van der Waals surface area contributed by atoms with E-state index >= 15 is 0 Å². The van der Waals surface area contributed by atoms with Crippen LogP contribution in [0.25, 0.3) is 0 Å². The molecule has 0 saturated carbocycles. The largest absolute Gasteiger partial charge is 0.391 e. The molecular weight excluding hydrogens is 346 g/mol. The van der Waals surface area contributed by atoms with Crippen molar-refractivity contribution in [2.24, 2.45) is 5.92 Å². The first kappa shape index (κ1) is 12.8. The second-order valence-electron chi connectivity index (χ2n) is 4.00. The average Bonchev–Trinajstić information content (AvgIpc) is 2.29. The lowest BCUT2D eigenvalue weighted by atomic mass is 9.96. The van der Waals surface area contributed by atoms with Crippen LogP contribution in [0, 0.1) is 9.49 Å². The fraction of sp³-hybridized carbons (Fsp3) is 0.600. The third-order valence-electron chi connectivity index (χ3n) is 2.91. The number of piperidine rings is 1. The van der Waals surface area contributed by atoms with Gasteiger partial charge in [0.15, 0.2) is 0 Å². The lowest BCUT2D eigenvalue weighted by molar-refractivity contribution is -0.179. The molecular formula is C10H11F3IN3. The fourth-order valence-electron chi connectivity index (χ4n) is 1.96. The van der Waals surface area contributed by atoms with E-state index in [1.165, 1.54) is 6.33 Å². The lowest BCUT2D eigenvalue weighted by Gasteiger charge is -2.33. The van der Waals surface area contributed by atoms with E-state index in [9.17, 15) is 13.2 Å². The summed E-state index contributed by atoms with van der Waals surface area (Å²) in [6, 6.07) is 0. The summed E-state index contributed by atoms with van der Waals surface area (Å²) < 4.78 is 38.4. The molecule has 1 saturated heterocycles. The summed E-state index contributed by atoms with van der Waals surface area (Å²) >= 11 is 2.10. The molecule has 0 N–H and O–H groups in total. The molecule has 1 aromatic heterocycles.